The van der Waals surface area contributed by atoms with Crippen LogP contribution in [0.2, 0.25) is 0 Å². The Morgan fingerprint density at radius 2 is 2.07 bits per heavy atom. The molecule has 0 bridgehead atoms. The second kappa shape index (κ2) is 8.47. The third-order valence-electron chi connectivity index (χ3n) is 4.26. The van der Waals surface area contributed by atoms with Gasteiger partial charge >= 0.3 is 12.1 Å². The molecule has 1 aromatic carbocycles. The van der Waals surface area contributed by atoms with Gasteiger partial charge in [-0.1, -0.05) is 15.9 Å². The van der Waals surface area contributed by atoms with Crippen molar-refractivity contribution < 1.29 is 19.1 Å². The Morgan fingerprint density at radius 3 is 2.72 bits per heavy atom. The molecule has 0 atom stereocenters. The van der Waals surface area contributed by atoms with Crippen molar-refractivity contribution in [2.24, 2.45) is 0 Å². The summed E-state index contributed by atoms with van der Waals surface area (Å²) in [4.78, 5) is 26.5. The minimum atomic E-state index is -0.651. The van der Waals surface area contributed by atoms with Gasteiger partial charge in [-0.3, -0.25) is 4.31 Å². The fourth-order valence-corrected chi connectivity index (χ4v) is 4.45. The van der Waals surface area contributed by atoms with E-state index >= 15 is 0 Å². The lowest BCUT2D eigenvalue weighted by Crippen LogP contribution is -2.54. The first-order valence-electron chi connectivity index (χ1n) is 9.48. The number of urea groups is 1. The average molecular weight is 484 g/mol. The Kier molecular flexibility index (Phi) is 6.38. The molecule has 1 N–H and O–H groups in total. The number of halogens is 1. The molecule has 2 aliphatic rings. The lowest BCUT2D eigenvalue weighted by atomic mass is 10.0. The highest BCUT2D eigenvalue weighted by molar-refractivity contribution is 9.10. The van der Waals surface area contributed by atoms with Gasteiger partial charge in [0.05, 0.1) is 13.2 Å². The van der Waals surface area contributed by atoms with Gasteiger partial charge in [0.25, 0.3) is 0 Å². The molecule has 29 heavy (non-hydrogen) atoms. The third-order valence-corrected chi connectivity index (χ3v) is 5.93. The fourth-order valence-electron chi connectivity index (χ4n) is 3.03. The molecule has 158 valence electrons. The molecule has 3 amide bonds. The molecule has 7 nitrogen and oxygen atoms in total. The lowest BCUT2D eigenvalue weighted by molar-refractivity contribution is 0.0328. The van der Waals surface area contributed by atoms with Crippen molar-refractivity contribution in [1.29, 1.82) is 0 Å². The number of nitrogens with one attached hydrogen (secondary N) is 1. The highest BCUT2D eigenvalue weighted by Gasteiger charge is 2.35. The van der Waals surface area contributed by atoms with Crippen molar-refractivity contribution in [2.45, 2.75) is 52.7 Å². The molecule has 2 aliphatic heterocycles. The number of rotatable bonds is 1. The van der Waals surface area contributed by atoms with E-state index in [1.165, 1.54) is 17.0 Å². The summed E-state index contributed by atoms with van der Waals surface area (Å²) in [5, 5.41) is 1.31. The van der Waals surface area contributed by atoms with Crippen LogP contribution in [0.1, 0.15) is 46.6 Å². The van der Waals surface area contributed by atoms with E-state index in [0.717, 1.165) is 32.7 Å². The predicted octanol–water partition coefficient (Wildman–Crippen LogP) is 5.18. The Bertz CT molecular complexity index is 851. The molecular weight excluding hydrogens is 458 g/mol. The minimum Gasteiger partial charge on any atom is -0.493 e. The van der Waals surface area contributed by atoms with Crippen molar-refractivity contribution in [3.63, 3.8) is 0 Å². The first-order valence-corrected chi connectivity index (χ1v) is 11.0. The van der Waals surface area contributed by atoms with Gasteiger partial charge in [-0.25, -0.2) is 20.0 Å². The van der Waals surface area contributed by atoms with Gasteiger partial charge in [-0.15, -0.1) is 0 Å². The number of hydrazine groups is 1. The third kappa shape index (κ3) is 5.19. The van der Waals surface area contributed by atoms with Crippen molar-refractivity contribution in [3.8, 4) is 5.75 Å². The van der Waals surface area contributed by atoms with E-state index in [1.807, 2.05) is 32.0 Å². The Hall–Kier alpha value is -1.87. The summed E-state index contributed by atoms with van der Waals surface area (Å²) < 4.78 is 13.8. The van der Waals surface area contributed by atoms with E-state index in [9.17, 15) is 9.59 Å². The number of hydrogen-bond acceptors (Lipinski definition) is 5. The molecule has 0 aliphatic carbocycles. The normalized spacial score (nSPS) is 16.0. The Morgan fingerprint density at radius 1 is 1.34 bits per heavy atom. The van der Waals surface area contributed by atoms with Crippen LogP contribution in [0.25, 0.3) is 5.57 Å². The summed E-state index contributed by atoms with van der Waals surface area (Å²) in [6, 6.07) is 5.40. The summed E-state index contributed by atoms with van der Waals surface area (Å²) in [7, 11) is 0. The molecule has 3 rings (SSSR count). The smallest absolute Gasteiger partial charge is 0.426 e. The largest absolute Gasteiger partial charge is 0.493 e. The predicted molar refractivity (Wildman–Crippen MR) is 117 cm³/mol. The number of benzene rings is 1. The molecule has 0 radical (unpaired) electrons. The number of nitrogens with zero attached hydrogens (tertiary/aromatic N) is 2. The number of carbonyl (C=O) groups excluding carboxylic acids is 2. The maximum absolute atomic E-state index is 13.2. The van der Waals surface area contributed by atoms with E-state index in [-0.39, 0.29) is 12.1 Å². The maximum Gasteiger partial charge on any atom is 0.426 e. The lowest BCUT2D eigenvalue weighted by Gasteiger charge is -2.31. The standard InChI is InChI=1S/C20H26BrN3O4S/c1-12(2)24(22-18(25)28-20(3,4)5)19(26)23-11-15-14-7-6-13(21)10-16(14)27-9-8-17(15)29-23/h6-7,10,12H,8-9,11H2,1-5H3,(H,22,25). The van der Waals surface area contributed by atoms with Gasteiger partial charge in [-0.05, 0) is 70.3 Å². The molecule has 0 spiro atoms. The van der Waals surface area contributed by atoms with E-state index in [4.69, 9.17) is 9.47 Å². The molecule has 9 heteroatoms. The first kappa shape index (κ1) is 21.8. The van der Waals surface area contributed by atoms with Gasteiger partial charge in [0.15, 0.2) is 0 Å². The topological polar surface area (TPSA) is 71.1 Å². The van der Waals surface area contributed by atoms with Crippen LogP contribution in [-0.2, 0) is 4.74 Å². The van der Waals surface area contributed by atoms with E-state index in [2.05, 4.69) is 21.4 Å². The van der Waals surface area contributed by atoms with Crippen molar-refractivity contribution >= 4 is 45.6 Å². The van der Waals surface area contributed by atoms with E-state index < -0.39 is 11.7 Å². The summed E-state index contributed by atoms with van der Waals surface area (Å²) >= 11 is 4.89. The van der Waals surface area contributed by atoms with Crippen LogP contribution in [0.15, 0.2) is 27.6 Å². The van der Waals surface area contributed by atoms with Gasteiger partial charge in [0, 0.05) is 27.4 Å². The molecule has 0 aromatic heterocycles. The molecule has 2 heterocycles. The summed E-state index contributed by atoms with van der Waals surface area (Å²) in [5.41, 5.74) is 4.03. The van der Waals surface area contributed by atoms with Gasteiger partial charge in [0.1, 0.15) is 11.4 Å². The van der Waals surface area contributed by atoms with Crippen LogP contribution in [0.4, 0.5) is 9.59 Å². The second-order valence-corrected chi connectivity index (χ2v) is 10.2. The van der Waals surface area contributed by atoms with E-state index in [0.29, 0.717) is 13.2 Å². The number of carbonyl (C=O) groups is 2. The first-order chi connectivity index (χ1) is 13.5. The SMILES string of the molecule is CC(C)N(NC(=O)OC(C)(C)C)C(=O)N1CC2=C(CCOc3cc(Br)ccc32)S1. The van der Waals surface area contributed by atoms with Crippen LogP contribution < -0.4 is 10.2 Å². The van der Waals surface area contributed by atoms with E-state index in [1.54, 1.807) is 25.1 Å². The number of hydrogen-bond donors (Lipinski definition) is 1. The zero-order valence-electron chi connectivity index (χ0n) is 17.2. The molecule has 1 aromatic rings. The van der Waals surface area contributed by atoms with Crippen LogP contribution in [-0.4, -0.2) is 46.2 Å². The summed E-state index contributed by atoms with van der Waals surface area (Å²) in [6.45, 7) is 10.0. The molecule has 0 saturated heterocycles. The molecular formula is C20H26BrN3O4S. The zero-order chi connectivity index (χ0) is 21.3. The Labute approximate surface area is 184 Å². The molecule has 0 saturated carbocycles. The summed E-state index contributed by atoms with van der Waals surface area (Å²) in [6.07, 6.45) is 0.0823. The average Bonchev–Trinajstić information content (AvgIpc) is 2.94. The Balaban J connectivity index is 1.76. The van der Waals surface area contributed by atoms with Gasteiger partial charge < -0.3 is 9.47 Å². The minimum absolute atomic E-state index is 0.234. The van der Waals surface area contributed by atoms with Crippen molar-refractivity contribution in [3.05, 3.63) is 33.1 Å². The van der Waals surface area contributed by atoms with Gasteiger partial charge in [0.2, 0.25) is 0 Å². The van der Waals surface area contributed by atoms with Crippen LogP contribution in [0, 0.1) is 0 Å². The zero-order valence-corrected chi connectivity index (χ0v) is 19.6. The number of fused-ring (bicyclic) bond motifs is 2. The number of ether oxygens (including phenoxy) is 2. The van der Waals surface area contributed by atoms with Crippen LogP contribution in [0.5, 0.6) is 5.75 Å². The molecule has 0 unspecified atom stereocenters. The van der Waals surface area contributed by atoms with Crippen molar-refractivity contribution in [2.75, 3.05) is 13.2 Å². The highest BCUT2D eigenvalue weighted by atomic mass is 79.9. The molecule has 0 fully saturated rings. The number of amides is 3. The van der Waals surface area contributed by atoms with Crippen LogP contribution in [0.3, 0.4) is 0 Å². The summed E-state index contributed by atoms with van der Waals surface area (Å²) in [5.74, 6) is 0.812. The quantitative estimate of drug-likeness (QED) is 0.440. The van der Waals surface area contributed by atoms with Crippen molar-refractivity contribution in [1.82, 2.24) is 14.7 Å². The fraction of sp³-hybridized carbons (Fsp3) is 0.500. The maximum atomic E-state index is 13.2. The highest BCUT2D eigenvalue weighted by Crippen LogP contribution is 2.45. The monoisotopic (exact) mass is 483 g/mol. The van der Waals surface area contributed by atoms with Gasteiger partial charge in [-0.2, -0.15) is 0 Å². The second-order valence-electron chi connectivity index (χ2n) is 8.13. The van der Waals surface area contributed by atoms with Crippen LogP contribution >= 0.6 is 27.9 Å².